The number of amides is 1. The molecule has 1 unspecified atom stereocenters. The molecule has 1 amide bonds. The summed E-state index contributed by atoms with van der Waals surface area (Å²) in [5.41, 5.74) is 0. The van der Waals surface area contributed by atoms with Gasteiger partial charge < -0.3 is 15.2 Å². The topological polar surface area (TPSA) is 92.7 Å². The quantitative estimate of drug-likeness (QED) is 0.0370. The molecule has 0 aliphatic carbocycles. The highest BCUT2D eigenvalue weighted by Crippen LogP contribution is 2.17. The van der Waals surface area contributed by atoms with Gasteiger partial charge in [0, 0.05) is 12.8 Å². The van der Waals surface area contributed by atoms with E-state index in [9.17, 15) is 14.4 Å². The predicted octanol–water partition coefficient (Wildman–Crippen LogP) is 14.1. The maximum absolute atomic E-state index is 12.7. The third kappa shape index (κ3) is 40.9. The SMILES string of the molecule is CCCCCCCC/C=C\C(CCCCCCC(=O)NCC(=O)O)OC(=O)CCCCCCCCCCCCCCCCCCCCCCCCC. The molecule has 1 atom stereocenters. The highest BCUT2D eigenvalue weighted by molar-refractivity contribution is 5.80. The third-order valence-corrected chi connectivity index (χ3v) is 10.4. The Morgan fingerprint density at radius 3 is 1.29 bits per heavy atom. The summed E-state index contributed by atoms with van der Waals surface area (Å²) < 4.78 is 5.91. The van der Waals surface area contributed by atoms with Crippen molar-refractivity contribution in [3.8, 4) is 0 Å². The van der Waals surface area contributed by atoms with Crippen LogP contribution in [0.5, 0.6) is 0 Å². The summed E-state index contributed by atoms with van der Waals surface area (Å²) in [4.78, 5) is 35.0. The molecule has 0 bridgehead atoms. The van der Waals surface area contributed by atoms with Crippen molar-refractivity contribution in [3.63, 3.8) is 0 Å². The van der Waals surface area contributed by atoms with Crippen LogP contribution in [0.15, 0.2) is 12.2 Å². The first-order valence-corrected chi connectivity index (χ1v) is 22.8. The van der Waals surface area contributed by atoms with E-state index in [2.05, 4.69) is 31.3 Å². The molecule has 0 saturated carbocycles. The van der Waals surface area contributed by atoms with Crippen LogP contribution in [-0.4, -0.2) is 35.6 Å². The first kappa shape index (κ1) is 50.1. The molecular weight excluding hydrogens is 647 g/mol. The normalized spacial score (nSPS) is 12.0. The number of rotatable bonds is 42. The van der Waals surface area contributed by atoms with Crippen molar-refractivity contribution in [2.75, 3.05) is 6.54 Å². The molecule has 0 aliphatic heterocycles. The van der Waals surface area contributed by atoms with Gasteiger partial charge in [-0.2, -0.15) is 0 Å². The molecule has 0 aliphatic rings. The summed E-state index contributed by atoms with van der Waals surface area (Å²) in [5, 5.41) is 11.1. The number of ether oxygens (including phenoxy) is 1. The van der Waals surface area contributed by atoms with Crippen LogP contribution in [0.1, 0.15) is 251 Å². The smallest absolute Gasteiger partial charge is 0.322 e. The van der Waals surface area contributed by atoms with E-state index in [-0.39, 0.29) is 24.5 Å². The van der Waals surface area contributed by atoms with Crippen LogP contribution < -0.4 is 5.32 Å². The number of carbonyl (C=O) groups excluding carboxylic acids is 2. The van der Waals surface area contributed by atoms with Crippen LogP contribution >= 0.6 is 0 Å². The van der Waals surface area contributed by atoms with E-state index < -0.39 is 5.97 Å². The Hall–Kier alpha value is -1.85. The van der Waals surface area contributed by atoms with Gasteiger partial charge in [-0.05, 0) is 44.6 Å². The van der Waals surface area contributed by atoms with Crippen molar-refractivity contribution in [2.24, 2.45) is 0 Å². The Kier molecular flexibility index (Phi) is 40.4. The second kappa shape index (κ2) is 41.9. The van der Waals surface area contributed by atoms with Crippen molar-refractivity contribution in [1.29, 1.82) is 0 Å². The van der Waals surface area contributed by atoms with Crippen LogP contribution in [0.2, 0.25) is 0 Å². The summed E-state index contributed by atoms with van der Waals surface area (Å²) in [6.07, 6.45) is 49.5. The summed E-state index contributed by atoms with van der Waals surface area (Å²) >= 11 is 0. The standard InChI is InChI=1S/C46H87NO5/c1-3-5-7-9-11-13-14-15-16-17-18-19-20-21-22-23-24-25-26-27-29-31-37-41-46(51)52-43(38-34-30-28-12-10-8-6-4-2)39-35-32-33-36-40-44(48)47-42-45(49)50/h34,38,43H,3-33,35-37,39-42H2,1-2H3,(H,47,48)(H,49,50)/b38-34-. The largest absolute Gasteiger partial charge is 0.480 e. The van der Waals surface area contributed by atoms with Crippen molar-refractivity contribution >= 4 is 17.8 Å². The van der Waals surface area contributed by atoms with Gasteiger partial charge in [-0.3, -0.25) is 14.4 Å². The minimum Gasteiger partial charge on any atom is -0.480 e. The Morgan fingerprint density at radius 2 is 0.865 bits per heavy atom. The van der Waals surface area contributed by atoms with Crippen LogP contribution in [0.3, 0.4) is 0 Å². The monoisotopic (exact) mass is 734 g/mol. The second-order valence-electron chi connectivity index (χ2n) is 15.7. The molecule has 0 spiro atoms. The fraction of sp³-hybridized carbons (Fsp3) is 0.891. The minimum atomic E-state index is -1.02. The number of allylic oxidation sites excluding steroid dienone is 1. The number of carboxylic acids is 1. The van der Waals surface area contributed by atoms with E-state index in [1.165, 1.54) is 173 Å². The number of hydrogen-bond donors (Lipinski definition) is 2. The number of aliphatic carboxylic acids is 1. The highest BCUT2D eigenvalue weighted by Gasteiger charge is 2.12. The van der Waals surface area contributed by atoms with E-state index >= 15 is 0 Å². The zero-order valence-electron chi connectivity index (χ0n) is 34.7. The summed E-state index contributed by atoms with van der Waals surface area (Å²) in [6, 6.07) is 0. The molecule has 6 heteroatoms. The number of carbonyl (C=O) groups is 3. The Balaban J connectivity index is 3.88. The molecule has 0 aromatic heterocycles. The van der Waals surface area contributed by atoms with Gasteiger partial charge in [-0.1, -0.05) is 206 Å². The maximum Gasteiger partial charge on any atom is 0.322 e. The van der Waals surface area contributed by atoms with Crippen molar-refractivity contribution in [3.05, 3.63) is 12.2 Å². The molecule has 0 aromatic carbocycles. The average molecular weight is 734 g/mol. The average Bonchev–Trinajstić information content (AvgIpc) is 3.13. The molecule has 2 N–H and O–H groups in total. The van der Waals surface area contributed by atoms with Gasteiger partial charge in [-0.15, -0.1) is 0 Å². The van der Waals surface area contributed by atoms with Crippen molar-refractivity contribution < 1.29 is 24.2 Å². The third-order valence-electron chi connectivity index (χ3n) is 10.4. The molecule has 0 saturated heterocycles. The zero-order chi connectivity index (χ0) is 38.0. The molecule has 52 heavy (non-hydrogen) atoms. The van der Waals surface area contributed by atoms with E-state index in [1.54, 1.807) is 0 Å². The van der Waals surface area contributed by atoms with E-state index in [0.717, 1.165) is 51.4 Å². The van der Waals surface area contributed by atoms with E-state index in [0.29, 0.717) is 12.8 Å². The Bertz CT molecular complexity index is 813. The van der Waals surface area contributed by atoms with Gasteiger partial charge in [0.2, 0.25) is 5.91 Å². The lowest BCUT2D eigenvalue weighted by atomic mass is 10.0. The van der Waals surface area contributed by atoms with Gasteiger partial charge in [0.25, 0.3) is 0 Å². The van der Waals surface area contributed by atoms with Gasteiger partial charge >= 0.3 is 11.9 Å². The van der Waals surface area contributed by atoms with Gasteiger partial charge in [0.1, 0.15) is 12.6 Å². The van der Waals surface area contributed by atoms with Crippen molar-refractivity contribution in [2.45, 2.75) is 258 Å². The first-order valence-electron chi connectivity index (χ1n) is 22.8. The molecule has 6 nitrogen and oxygen atoms in total. The van der Waals surface area contributed by atoms with Crippen LogP contribution in [0.4, 0.5) is 0 Å². The molecule has 0 radical (unpaired) electrons. The van der Waals surface area contributed by atoms with Crippen molar-refractivity contribution in [1.82, 2.24) is 5.32 Å². The van der Waals surface area contributed by atoms with Gasteiger partial charge in [0.05, 0.1) is 0 Å². The molecule has 0 fully saturated rings. The lowest BCUT2D eigenvalue weighted by molar-refractivity contribution is -0.147. The minimum absolute atomic E-state index is 0.0761. The number of hydrogen-bond acceptors (Lipinski definition) is 4. The fourth-order valence-electron chi connectivity index (χ4n) is 7.01. The molecule has 306 valence electrons. The second-order valence-corrected chi connectivity index (χ2v) is 15.7. The molecule has 0 heterocycles. The number of esters is 1. The van der Waals surface area contributed by atoms with Crippen LogP contribution in [0, 0.1) is 0 Å². The summed E-state index contributed by atoms with van der Waals surface area (Å²) in [6.45, 7) is 4.21. The van der Waals surface area contributed by atoms with Crippen LogP contribution in [0.25, 0.3) is 0 Å². The Labute approximate surface area is 322 Å². The summed E-state index contributed by atoms with van der Waals surface area (Å²) in [5.74, 6) is -1.31. The maximum atomic E-state index is 12.7. The van der Waals surface area contributed by atoms with Gasteiger partial charge in [-0.25, -0.2) is 0 Å². The lowest BCUT2D eigenvalue weighted by Crippen LogP contribution is -2.28. The predicted molar refractivity (Wildman–Crippen MR) is 222 cm³/mol. The zero-order valence-corrected chi connectivity index (χ0v) is 34.7. The summed E-state index contributed by atoms with van der Waals surface area (Å²) in [7, 11) is 0. The highest BCUT2D eigenvalue weighted by atomic mass is 16.5. The Morgan fingerprint density at radius 1 is 0.500 bits per heavy atom. The molecule has 0 rings (SSSR count). The van der Waals surface area contributed by atoms with Crippen LogP contribution in [-0.2, 0) is 19.1 Å². The van der Waals surface area contributed by atoms with Gasteiger partial charge in [0.15, 0.2) is 0 Å². The number of nitrogens with one attached hydrogen (secondary N) is 1. The number of unbranched alkanes of at least 4 members (excludes halogenated alkanes) is 31. The number of carboxylic acid groups (broad SMARTS) is 1. The first-order chi connectivity index (χ1) is 25.5. The molecular formula is C46H87NO5. The van der Waals surface area contributed by atoms with E-state index in [4.69, 9.17) is 9.84 Å². The fourth-order valence-corrected chi connectivity index (χ4v) is 7.01. The molecule has 0 aromatic rings. The van der Waals surface area contributed by atoms with E-state index in [1.807, 2.05) is 0 Å². The lowest BCUT2D eigenvalue weighted by Gasteiger charge is -2.15.